The van der Waals surface area contributed by atoms with Crippen LogP contribution < -0.4 is 0 Å². The summed E-state index contributed by atoms with van der Waals surface area (Å²) in [7, 11) is 0.0227. The Kier molecular flexibility index (Phi) is 7.22. The summed E-state index contributed by atoms with van der Waals surface area (Å²) in [6, 6.07) is 0.447. The minimum absolute atomic E-state index is 0.0227. The second-order valence-corrected chi connectivity index (χ2v) is 13.9. The molecule has 28 heavy (non-hydrogen) atoms. The Hall–Kier alpha value is -0.100. The fourth-order valence-electron chi connectivity index (χ4n) is 6.88. The Bertz CT molecular complexity index is 549. The zero-order valence-electron chi connectivity index (χ0n) is 19.6. The second kappa shape index (κ2) is 8.95. The van der Waals surface area contributed by atoms with E-state index in [1.807, 2.05) is 0 Å². The van der Waals surface area contributed by atoms with Crippen molar-refractivity contribution in [2.75, 3.05) is 13.2 Å². The van der Waals surface area contributed by atoms with Crippen molar-refractivity contribution in [3.8, 4) is 0 Å². The number of piperidine rings is 1. The molecule has 3 aliphatic heterocycles. The van der Waals surface area contributed by atoms with Crippen molar-refractivity contribution in [1.82, 2.24) is 4.90 Å². The highest BCUT2D eigenvalue weighted by Crippen LogP contribution is 2.73. The van der Waals surface area contributed by atoms with E-state index in [1.54, 1.807) is 0 Å². The molecule has 2 nitrogen and oxygen atoms in total. The maximum Gasteiger partial charge on any atom is 0.225 e. The summed E-state index contributed by atoms with van der Waals surface area (Å²) in [4.78, 5) is 15.8. The average Bonchev–Trinajstić information content (AvgIpc) is 2.94. The van der Waals surface area contributed by atoms with Crippen LogP contribution in [-0.2, 0) is 4.79 Å². The fourth-order valence-corrected chi connectivity index (χ4v) is 10.9. The number of fused-ring (bicyclic) bond motifs is 2. The lowest BCUT2D eigenvalue weighted by Crippen LogP contribution is -2.47. The molecular formula is C25H46NOP. The standard InChI is InChI=1S/C25H46NOP/c1-7-24-15-13-22(23(27)26-18-20(4)11-12-21(26)5)10-8-9-14-25(17-16-24,19(2)3)28(24)6/h19-22H,7-18H2,1-6H3. The van der Waals surface area contributed by atoms with E-state index in [-0.39, 0.29) is 13.8 Å². The first kappa shape index (κ1) is 22.6. The number of carbonyl (C=O) groups excluding carboxylic acids is 1. The van der Waals surface area contributed by atoms with E-state index in [9.17, 15) is 4.79 Å². The Morgan fingerprint density at radius 3 is 2.46 bits per heavy atom. The Morgan fingerprint density at radius 2 is 1.79 bits per heavy atom. The van der Waals surface area contributed by atoms with Crippen molar-refractivity contribution in [1.29, 1.82) is 0 Å². The van der Waals surface area contributed by atoms with E-state index < -0.39 is 0 Å². The molecule has 6 atom stereocenters. The van der Waals surface area contributed by atoms with Gasteiger partial charge in [-0.1, -0.05) is 48.5 Å². The molecule has 0 aromatic carbocycles. The molecule has 0 saturated carbocycles. The lowest BCUT2D eigenvalue weighted by atomic mass is 9.83. The summed E-state index contributed by atoms with van der Waals surface area (Å²) in [5.41, 5.74) is 0. The zero-order valence-corrected chi connectivity index (χ0v) is 20.5. The number of amides is 1. The SMILES string of the molecule is CCC12CCC(C(=O)N3CC(C)CCC3C)CCCCC(C(C)C)(CC1)P2C. The van der Waals surface area contributed by atoms with Gasteiger partial charge < -0.3 is 4.90 Å². The summed E-state index contributed by atoms with van der Waals surface area (Å²) in [5, 5.41) is 1.15. The Balaban J connectivity index is 1.77. The van der Waals surface area contributed by atoms with Crippen molar-refractivity contribution < 1.29 is 4.79 Å². The van der Waals surface area contributed by atoms with Gasteiger partial charge in [0.2, 0.25) is 5.91 Å². The number of hydrogen-bond acceptors (Lipinski definition) is 1. The second-order valence-electron chi connectivity index (χ2n) is 10.9. The van der Waals surface area contributed by atoms with Crippen LogP contribution in [0.25, 0.3) is 0 Å². The minimum Gasteiger partial charge on any atom is -0.339 e. The molecule has 0 spiro atoms. The Morgan fingerprint density at radius 1 is 1.04 bits per heavy atom. The average molecular weight is 408 g/mol. The topological polar surface area (TPSA) is 20.3 Å². The van der Waals surface area contributed by atoms with Crippen molar-refractivity contribution in [2.24, 2.45) is 17.8 Å². The molecule has 0 N–H and O–H groups in total. The Labute approximate surface area is 176 Å². The molecule has 3 heterocycles. The highest BCUT2D eigenvalue weighted by atomic mass is 31.1. The lowest BCUT2D eigenvalue weighted by molar-refractivity contribution is -0.140. The first-order valence-corrected chi connectivity index (χ1v) is 14.1. The van der Waals surface area contributed by atoms with Gasteiger partial charge in [-0.05, 0) is 93.5 Å². The van der Waals surface area contributed by atoms with Gasteiger partial charge in [-0.25, -0.2) is 0 Å². The molecule has 6 unspecified atom stereocenters. The van der Waals surface area contributed by atoms with Crippen molar-refractivity contribution in [2.45, 2.75) is 122 Å². The van der Waals surface area contributed by atoms with Gasteiger partial charge in [0, 0.05) is 18.5 Å². The van der Waals surface area contributed by atoms with Gasteiger partial charge in [-0.2, -0.15) is 0 Å². The molecule has 0 aromatic heterocycles. The molecule has 3 aliphatic rings. The lowest BCUT2D eigenvalue weighted by Gasteiger charge is -2.46. The summed E-state index contributed by atoms with van der Waals surface area (Å²) < 4.78 is 0. The molecule has 3 fully saturated rings. The highest BCUT2D eigenvalue weighted by Gasteiger charge is 2.54. The molecule has 0 radical (unpaired) electrons. The van der Waals surface area contributed by atoms with Crippen LogP contribution in [0.3, 0.4) is 0 Å². The van der Waals surface area contributed by atoms with Gasteiger partial charge >= 0.3 is 0 Å². The maximum absolute atomic E-state index is 13.6. The van der Waals surface area contributed by atoms with Gasteiger partial charge in [-0.3, -0.25) is 4.79 Å². The third-order valence-corrected chi connectivity index (χ3v) is 13.7. The van der Waals surface area contributed by atoms with Gasteiger partial charge in [0.1, 0.15) is 0 Å². The van der Waals surface area contributed by atoms with Crippen LogP contribution in [-0.4, -0.2) is 40.4 Å². The minimum atomic E-state index is 0.0227. The van der Waals surface area contributed by atoms with Crippen LogP contribution in [0.4, 0.5) is 0 Å². The van der Waals surface area contributed by atoms with E-state index >= 15 is 0 Å². The van der Waals surface area contributed by atoms with E-state index in [0.717, 1.165) is 25.3 Å². The van der Waals surface area contributed by atoms with Crippen LogP contribution in [0.15, 0.2) is 0 Å². The van der Waals surface area contributed by atoms with Gasteiger partial charge in [0.05, 0.1) is 0 Å². The van der Waals surface area contributed by atoms with Crippen LogP contribution in [0.5, 0.6) is 0 Å². The predicted octanol–water partition coefficient (Wildman–Crippen LogP) is 7.05. The normalized spacial score (nSPS) is 42.6. The molecule has 3 heteroatoms. The molecular weight excluding hydrogens is 361 g/mol. The van der Waals surface area contributed by atoms with Crippen LogP contribution in [0.2, 0.25) is 0 Å². The van der Waals surface area contributed by atoms with Gasteiger partial charge in [-0.15, -0.1) is 0 Å². The fraction of sp³-hybridized carbons (Fsp3) is 0.960. The number of carbonyl (C=O) groups is 1. The maximum atomic E-state index is 13.6. The molecule has 3 rings (SSSR count). The van der Waals surface area contributed by atoms with E-state index in [0.29, 0.717) is 28.2 Å². The van der Waals surface area contributed by atoms with E-state index in [1.165, 1.54) is 57.8 Å². The van der Waals surface area contributed by atoms with Crippen LogP contribution >= 0.6 is 7.92 Å². The molecule has 0 aromatic rings. The number of hydrogen-bond donors (Lipinski definition) is 0. The number of likely N-dealkylation sites (tertiary alicyclic amines) is 1. The molecule has 0 aliphatic carbocycles. The van der Waals surface area contributed by atoms with Gasteiger partial charge in [0.25, 0.3) is 0 Å². The smallest absolute Gasteiger partial charge is 0.225 e. The number of nitrogens with zero attached hydrogens (tertiary/aromatic N) is 1. The predicted molar refractivity (Wildman–Crippen MR) is 123 cm³/mol. The monoisotopic (exact) mass is 407 g/mol. The largest absolute Gasteiger partial charge is 0.339 e. The quantitative estimate of drug-likeness (QED) is 0.459. The van der Waals surface area contributed by atoms with Crippen molar-refractivity contribution in [3.63, 3.8) is 0 Å². The molecule has 162 valence electrons. The molecule has 1 amide bonds. The third kappa shape index (κ3) is 4.06. The van der Waals surface area contributed by atoms with Crippen LogP contribution in [0, 0.1) is 17.8 Å². The zero-order chi connectivity index (χ0) is 20.5. The summed E-state index contributed by atoms with van der Waals surface area (Å²) >= 11 is 0. The third-order valence-electron chi connectivity index (χ3n) is 9.26. The summed E-state index contributed by atoms with van der Waals surface area (Å²) in [6.45, 7) is 15.6. The number of rotatable bonds is 3. The highest BCUT2D eigenvalue weighted by molar-refractivity contribution is 7.60. The first-order chi connectivity index (χ1) is 13.3. The first-order valence-electron chi connectivity index (χ1n) is 12.3. The molecule has 3 saturated heterocycles. The van der Waals surface area contributed by atoms with E-state index in [4.69, 9.17) is 0 Å². The van der Waals surface area contributed by atoms with Crippen molar-refractivity contribution >= 4 is 13.8 Å². The molecule has 2 bridgehead atoms. The van der Waals surface area contributed by atoms with Crippen molar-refractivity contribution in [3.05, 3.63) is 0 Å². The van der Waals surface area contributed by atoms with E-state index in [2.05, 4.69) is 46.2 Å². The summed E-state index contributed by atoms with van der Waals surface area (Å²) in [5.74, 6) is 2.27. The van der Waals surface area contributed by atoms with Crippen LogP contribution in [0.1, 0.15) is 105 Å². The summed E-state index contributed by atoms with van der Waals surface area (Å²) in [6.07, 6.45) is 14.2. The van der Waals surface area contributed by atoms with Gasteiger partial charge in [0.15, 0.2) is 0 Å².